The lowest BCUT2D eigenvalue weighted by Gasteiger charge is -2.37. The Morgan fingerprint density at radius 2 is 1.85 bits per heavy atom. The molecule has 2 aliphatic rings. The lowest BCUT2D eigenvalue weighted by atomic mass is 9.88. The first-order chi connectivity index (χ1) is 12.5. The van der Waals surface area contributed by atoms with Crippen molar-refractivity contribution < 1.29 is 14.3 Å². The van der Waals surface area contributed by atoms with E-state index in [2.05, 4.69) is 13.8 Å². The van der Waals surface area contributed by atoms with E-state index in [-0.39, 0.29) is 29.9 Å². The Hall–Kier alpha value is -1.92. The molecule has 0 bridgehead atoms. The molecule has 0 radical (unpaired) electrons. The van der Waals surface area contributed by atoms with Crippen LogP contribution in [0.25, 0.3) is 0 Å². The van der Waals surface area contributed by atoms with Gasteiger partial charge in [-0.25, -0.2) is 9.80 Å². The van der Waals surface area contributed by atoms with Crippen LogP contribution in [-0.2, 0) is 14.3 Å². The van der Waals surface area contributed by atoms with Crippen molar-refractivity contribution in [2.24, 2.45) is 11.7 Å². The van der Waals surface area contributed by atoms with Gasteiger partial charge < -0.3 is 10.5 Å². The topological polar surface area (TPSA) is 75.9 Å². The van der Waals surface area contributed by atoms with Crippen molar-refractivity contribution in [3.8, 4) is 0 Å². The van der Waals surface area contributed by atoms with Crippen LogP contribution >= 0.6 is 0 Å². The average molecular weight is 373 g/mol. The average Bonchev–Trinajstić information content (AvgIpc) is 3.01. The van der Waals surface area contributed by atoms with E-state index in [1.165, 1.54) is 0 Å². The zero-order valence-corrected chi connectivity index (χ0v) is 17.1. The van der Waals surface area contributed by atoms with Gasteiger partial charge in [0.2, 0.25) is 0 Å². The molecular weight excluding hydrogens is 342 g/mol. The van der Waals surface area contributed by atoms with E-state index in [1.807, 2.05) is 56.1 Å². The summed E-state index contributed by atoms with van der Waals surface area (Å²) in [5, 5.41) is 3.63. The molecule has 6 nitrogen and oxygen atoms in total. The summed E-state index contributed by atoms with van der Waals surface area (Å²) in [5.41, 5.74) is 5.68. The van der Waals surface area contributed by atoms with Crippen molar-refractivity contribution >= 4 is 11.9 Å². The Bertz CT molecular complexity index is 728. The highest BCUT2D eigenvalue weighted by molar-refractivity contribution is 5.92. The summed E-state index contributed by atoms with van der Waals surface area (Å²) in [4.78, 5) is 26.3. The van der Waals surface area contributed by atoms with Crippen molar-refractivity contribution in [3.05, 3.63) is 35.9 Å². The molecule has 2 saturated heterocycles. The fourth-order valence-electron chi connectivity index (χ4n) is 4.32. The molecule has 1 amide bonds. The number of esters is 1. The molecule has 2 aliphatic heterocycles. The summed E-state index contributed by atoms with van der Waals surface area (Å²) < 4.78 is 5.70. The van der Waals surface area contributed by atoms with Crippen molar-refractivity contribution in [3.63, 3.8) is 0 Å². The van der Waals surface area contributed by atoms with Crippen molar-refractivity contribution in [1.29, 1.82) is 0 Å². The van der Waals surface area contributed by atoms with Crippen molar-refractivity contribution in [2.45, 2.75) is 77.2 Å². The summed E-state index contributed by atoms with van der Waals surface area (Å²) in [6, 6.07) is 9.07. The van der Waals surface area contributed by atoms with Gasteiger partial charge in [-0.15, -0.1) is 0 Å². The van der Waals surface area contributed by atoms with Gasteiger partial charge in [0.1, 0.15) is 11.6 Å². The lowest BCUT2D eigenvalue weighted by molar-refractivity contribution is -0.178. The third-order valence-corrected chi connectivity index (χ3v) is 5.48. The third kappa shape index (κ3) is 3.25. The molecule has 0 saturated carbocycles. The number of nitrogens with two attached hydrogens (primary N) is 1. The smallest absolute Gasteiger partial charge is 0.333 e. The van der Waals surface area contributed by atoms with Gasteiger partial charge in [0, 0.05) is 6.42 Å². The van der Waals surface area contributed by atoms with Gasteiger partial charge in [-0.1, -0.05) is 44.2 Å². The Kier molecular flexibility index (Phi) is 4.85. The number of hydrazine groups is 1. The van der Waals surface area contributed by atoms with Crippen LogP contribution < -0.4 is 5.73 Å². The van der Waals surface area contributed by atoms with Crippen LogP contribution in [-0.4, -0.2) is 45.1 Å². The van der Waals surface area contributed by atoms with E-state index in [4.69, 9.17) is 10.5 Å². The molecule has 2 fully saturated rings. The second-order valence-corrected chi connectivity index (χ2v) is 9.20. The maximum atomic E-state index is 13.1. The molecule has 2 N–H and O–H groups in total. The van der Waals surface area contributed by atoms with Crippen LogP contribution in [0.3, 0.4) is 0 Å². The van der Waals surface area contributed by atoms with Gasteiger partial charge in [0.05, 0.1) is 12.1 Å². The number of nitrogens with zero attached hydrogens (tertiary/aromatic N) is 2. The van der Waals surface area contributed by atoms with Gasteiger partial charge in [0.15, 0.2) is 5.54 Å². The lowest BCUT2D eigenvalue weighted by Crippen LogP contribution is -2.55. The zero-order chi connectivity index (χ0) is 20.1. The Morgan fingerprint density at radius 3 is 2.37 bits per heavy atom. The summed E-state index contributed by atoms with van der Waals surface area (Å²) >= 11 is 0. The monoisotopic (exact) mass is 373 g/mol. The number of rotatable bonds is 3. The van der Waals surface area contributed by atoms with Crippen LogP contribution in [0, 0.1) is 5.92 Å². The molecule has 3 rings (SSSR count). The van der Waals surface area contributed by atoms with Gasteiger partial charge in [-0.3, -0.25) is 9.80 Å². The third-order valence-electron chi connectivity index (χ3n) is 5.48. The van der Waals surface area contributed by atoms with Gasteiger partial charge in [0.25, 0.3) is 5.91 Å². The number of hydrogen-bond donors (Lipinski definition) is 1. The largest absolute Gasteiger partial charge is 0.458 e. The molecule has 0 aliphatic carbocycles. The number of benzene rings is 1. The maximum Gasteiger partial charge on any atom is 0.333 e. The minimum Gasteiger partial charge on any atom is -0.458 e. The fraction of sp³-hybridized carbons (Fsp3) is 0.619. The first-order valence-electron chi connectivity index (χ1n) is 9.63. The molecule has 1 aromatic carbocycles. The predicted octanol–water partition coefficient (Wildman–Crippen LogP) is 2.64. The summed E-state index contributed by atoms with van der Waals surface area (Å²) in [6.07, 6.45) is 0.480. The number of fused-ring (bicyclic) bond motifs is 1. The first-order valence-corrected chi connectivity index (χ1v) is 9.63. The van der Waals surface area contributed by atoms with Crippen LogP contribution in [0.15, 0.2) is 30.3 Å². The molecule has 148 valence electrons. The summed E-state index contributed by atoms with van der Waals surface area (Å²) in [7, 11) is 0. The van der Waals surface area contributed by atoms with Gasteiger partial charge in [-0.2, -0.15) is 0 Å². The van der Waals surface area contributed by atoms with E-state index in [0.717, 1.165) is 5.56 Å². The highest BCUT2D eigenvalue weighted by Crippen LogP contribution is 2.49. The SMILES string of the molecule is CC(C)[C@@H]1[C@@H](N)C(=O)N2N1[C@@H](c1ccccc1)C[C@]2(C)C(=O)OC(C)(C)C. The molecule has 1 aromatic rings. The van der Waals surface area contributed by atoms with Crippen LogP contribution in [0.5, 0.6) is 0 Å². The highest BCUT2D eigenvalue weighted by atomic mass is 16.6. The van der Waals surface area contributed by atoms with E-state index >= 15 is 0 Å². The fourth-order valence-corrected chi connectivity index (χ4v) is 4.32. The first kappa shape index (κ1) is 19.8. The van der Waals surface area contributed by atoms with E-state index < -0.39 is 17.2 Å². The molecular formula is C21H31N3O3. The van der Waals surface area contributed by atoms with Crippen molar-refractivity contribution in [1.82, 2.24) is 10.0 Å². The molecule has 0 spiro atoms. The Balaban J connectivity index is 2.08. The van der Waals surface area contributed by atoms with Crippen LogP contribution in [0.4, 0.5) is 0 Å². The summed E-state index contributed by atoms with van der Waals surface area (Å²) in [6.45, 7) is 11.4. The predicted molar refractivity (Wildman–Crippen MR) is 103 cm³/mol. The molecule has 2 heterocycles. The quantitative estimate of drug-likeness (QED) is 0.825. The summed E-state index contributed by atoms with van der Waals surface area (Å²) in [5.74, 6) is -0.426. The molecule has 0 aromatic heterocycles. The number of carbonyl (C=O) groups excluding carboxylic acids is 2. The number of carbonyl (C=O) groups is 2. The molecule has 6 heteroatoms. The minimum atomic E-state index is -1.08. The maximum absolute atomic E-state index is 13.1. The van der Waals surface area contributed by atoms with Crippen LogP contribution in [0.2, 0.25) is 0 Å². The molecule has 4 atom stereocenters. The molecule has 0 unspecified atom stereocenters. The van der Waals surface area contributed by atoms with Crippen LogP contribution in [0.1, 0.15) is 59.6 Å². The van der Waals surface area contributed by atoms with E-state index in [0.29, 0.717) is 6.42 Å². The number of ether oxygens (including phenoxy) is 1. The van der Waals surface area contributed by atoms with E-state index in [1.54, 1.807) is 11.9 Å². The molecule has 27 heavy (non-hydrogen) atoms. The zero-order valence-electron chi connectivity index (χ0n) is 17.1. The van der Waals surface area contributed by atoms with E-state index in [9.17, 15) is 9.59 Å². The van der Waals surface area contributed by atoms with Gasteiger partial charge in [-0.05, 0) is 39.2 Å². The normalized spacial score (nSPS) is 31.5. The van der Waals surface area contributed by atoms with Crippen molar-refractivity contribution in [2.75, 3.05) is 0 Å². The highest BCUT2D eigenvalue weighted by Gasteiger charge is 2.64. The standard InChI is InChI=1S/C21H31N3O3/c1-13(2)17-16(22)18(25)24-21(6,19(26)27-20(3,4)5)12-15(23(17)24)14-10-8-7-9-11-14/h7-11,13,15-17H,12,22H2,1-6H3/t15-,16-,17-,21-/m1/s1. The number of amides is 1. The Morgan fingerprint density at radius 1 is 1.26 bits per heavy atom. The second kappa shape index (κ2) is 6.60. The second-order valence-electron chi connectivity index (χ2n) is 9.20. The number of hydrogen-bond acceptors (Lipinski definition) is 5. The minimum absolute atomic E-state index is 0.103. The Labute approximate surface area is 161 Å². The van der Waals surface area contributed by atoms with Gasteiger partial charge >= 0.3 is 5.97 Å².